The third kappa shape index (κ3) is 2.39. The zero-order valence-electron chi connectivity index (χ0n) is 9.46. The average molecular weight is 227 g/mol. The SMILES string of the molecule is CN(c1cccc(C(=N)N)c1)c1ccncn1. The van der Waals surface area contributed by atoms with Crippen molar-refractivity contribution >= 4 is 17.3 Å². The van der Waals surface area contributed by atoms with Crippen LogP contribution in [0.25, 0.3) is 0 Å². The van der Waals surface area contributed by atoms with Crippen molar-refractivity contribution in [2.45, 2.75) is 0 Å². The van der Waals surface area contributed by atoms with Gasteiger partial charge in [0, 0.05) is 24.5 Å². The quantitative estimate of drug-likeness (QED) is 0.615. The Balaban J connectivity index is 2.34. The van der Waals surface area contributed by atoms with E-state index in [0.717, 1.165) is 11.5 Å². The van der Waals surface area contributed by atoms with Gasteiger partial charge in [0.15, 0.2) is 0 Å². The van der Waals surface area contributed by atoms with E-state index < -0.39 is 0 Å². The molecule has 0 saturated carbocycles. The number of nitrogens with one attached hydrogen (secondary N) is 1. The minimum absolute atomic E-state index is 0.0583. The molecule has 0 spiro atoms. The third-order valence-corrected chi connectivity index (χ3v) is 2.45. The summed E-state index contributed by atoms with van der Waals surface area (Å²) in [5.74, 6) is 0.851. The first-order valence-corrected chi connectivity index (χ1v) is 5.12. The lowest BCUT2D eigenvalue weighted by molar-refractivity contribution is 1.08. The van der Waals surface area contributed by atoms with E-state index in [0.29, 0.717) is 5.56 Å². The van der Waals surface area contributed by atoms with Gasteiger partial charge >= 0.3 is 0 Å². The van der Waals surface area contributed by atoms with Crippen LogP contribution in [-0.4, -0.2) is 22.9 Å². The molecule has 2 rings (SSSR count). The maximum atomic E-state index is 7.41. The van der Waals surface area contributed by atoms with Crippen molar-refractivity contribution in [2.24, 2.45) is 5.73 Å². The van der Waals surface area contributed by atoms with E-state index >= 15 is 0 Å². The number of hydrogen-bond acceptors (Lipinski definition) is 4. The van der Waals surface area contributed by atoms with E-state index in [-0.39, 0.29) is 5.84 Å². The molecule has 5 heteroatoms. The summed E-state index contributed by atoms with van der Waals surface area (Å²) in [4.78, 5) is 9.95. The van der Waals surface area contributed by atoms with Gasteiger partial charge < -0.3 is 10.6 Å². The molecule has 17 heavy (non-hydrogen) atoms. The highest BCUT2D eigenvalue weighted by atomic mass is 15.2. The molecule has 0 amide bonds. The van der Waals surface area contributed by atoms with Gasteiger partial charge in [-0.25, -0.2) is 9.97 Å². The van der Waals surface area contributed by atoms with E-state index in [2.05, 4.69) is 9.97 Å². The zero-order chi connectivity index (χ0) is 12.3. The second kappa shape index (κ2) is 4.61. The highest BCUT2D eigenvalue weighted by molar-refractivity contribution is 5.95. The summed E-state index contributed by atoms with van der Waals surface area (Å²) in [6.07, 6.45) is 3.19. The molecule has 0 radical (unpaired) electrons. The van der Waals surface area contributed by atoms with Crippen molar-refractivity contribution in [3.63, 3.8) is 0 Å². The van der Waals surface area contributed by atoms with E-state index in [1.54, 1.807) is 12.3 Å². The van der Waals surface area contributed by atoms with Crippen LogP contribution in [0.2, 0.25) is 0 Å². The van der Waals surface area contributed by atoms with Gasteiger partial charge in [-0.1, -0.05) is 12.1 Å². The molecular formula is C12H13N5. The largest absolute Gasteiger partial charge is 0.384 e. The molecule has 1 aromatic carbocycles. The van der Waals surface area contributed by atoms with Gasteiger partial charge in [-0.2, -0.15) is 0 Å². The summed E-state index contributed by atoms with van der Waals surface area (Å²) in [6.45, 7) is 0. The van der Waals surface area contributed by atoms with E-state index in [9.17, 15) is 0 Å². The van der Waals surface area contributed by atoms with Crippen LogP contribution in [0, 0.1) is 5.41 Å². The van der Waals surface area contributed by atoms with E-state index in [1.807, 2.05) is 36.2 Å². The van der Waals surface area contributed by atoms with Crippen LogP contribution in [0.4, 0.5) is 11.5 Å². The highest BCUT2D eigenvalue weighted by Gasteiger charge is 2.06. The first kappa shape index (κ1) is 11.1. The lowest BCUT2D eigenvalue weighted by atomic mass is 10.2. The monoisotopic (exact) mass is 227 g/mol. The second-order valence-electron chi connectivity index (χ2n) is 3.59. The minimum Gasteiger partial charge on any atom is -0.384 e. The molecule has 2 aromatic rings. The Morgan fingerprint density at radius 1 is 1.35 bits per heavy atom. The first-order valence-electron chi connectivity index (χ1n) is 5.12. The predicted octanol–water partition coefficient (Wildman–Crippen LogP) is 1.53. The van der Waals surface area contributed by atoms with Crippen LogP contribution in [0.15, 0.2) is 42.9 Å². The first-order chi connectivity index (χ1) is 8.18. The van der Waals surface area contributed by atoms with Crippen LogP contribution >= 0.6 is 0 Å². The van der Waals surface area contributed by atoms with Crippen molar-refractivity contribution in [3.8, 4) is 0 Å². The van der Waals surface area contributed by atoms with E-state index in [4.69, 9.17) is 11.1 Å². The molecule has 0 fully saturated rings. The zero-order valence-corrected chi connectivity index (χ0v) is 9.46. The lowest BCUT2D eigenvalue weighted by Crippen LogP contribution is -2.14. The Morgan fingerprint density at radius 3 is 2.82 bits per heavy atom. The molecule has 0 aliphatic carbocycles. The topological polar surface area (TPSA) is 78.9 Å². The molecule has 0 unspecified atom stereocenters. The number of benzene rings is 1. The summed E-state index contributed by atoms with van der Waals surface area (Å²) in [5, 5.41) is 7.41. The maximum absolute atomic E-state index is 7.41. The van der Waals surface area contributed by atoms with Gasteiger partial charge in [-0.15, -0.1) is 0 Å². The fraction of sp³-hybridized carbons (Fsp3) is 0.0833. The van der Waals surface area contributed by atoms with Crippen LogP contribution in [0.1, 0.15) is 5.56 Å². The van der Waals surface area contributed by atoms with Gasteiger partial charge in [0.05, 0.1) is 0 Å². The van der Waals surface area contributed by atoms with Gasteiger partial charge in [-0.05, 0) is 18.2 Å². The normalized spacial score (nSPS) is 9.94. The summed E-state index contributed by atoms with van der Waals surface area (Å²) < 4.78 is 0. The molecule has 5 nitrogen and oxygen atoms in total. The molecule has 1 heterocycles. The Bertz CT molecular complexity index is 523. The molecule has 0 aliphatic heterocycles. The number of nitrogens with zero attached hydrogens (tertiary/aromatic N) is 3. The van der Waals surface area contributed by atoms with Gasteiger partial charge in [0.2, 0.25) is 0 Å². The minimum atomic E-state index is 0.0583. The fourth-order valence-electron chi connectivity index (χ4n) is 1.50. The Hall–Kier alpha value is -2.43. The molecule has 86 valence electrons. The van der Waals surface area contributed by atoms with Gasteiger partial charge in [0.1, 0.15) is 18.0 Å². The number of rotatable bonds is 3. The summed E-state index contributed by atoms with van der Waals surface area (Å²) in [5.41, 5.74) is 7.09. The van der Waals surface area contributed by atoms with Crippen molar-refractivity contribution in [1.29, 1.82) is 5.41 Å². The van der Waals surface area contributed by atoms with Crippen molar-refractivity contribution in [3.05, 3.63) is 48.4 Å². The highest BCUT2D eigenvalue weighted by Crippen LogP contribution is 2.21. The molecule has 0 saturated heterocycles. The van der Waals surface area contributed by atoms with E-state index in [1.165, 1.54) is 6.33 Å². The smallest absolute Gasteiger partial charge is 0.136 e. The summed E-state index contributed by atoms with van der Waals surface area (Å²) >= 11 is 0. The maximum Gasteiger partial charge on any atom is 0.136 e. The Morgan fingerprint density at radius 2 is 2.18 bits per heavy atom. The summed E-state index contributed by atoms with van der Waals surface area (Å²) in [7, 11) is 1.90. The molecule has 0 bridgehead atoms. The molecular weight excluding hydrogens is 214 g/mol. The van der Waals surface area contributed by atoms with Crippen LogP contribution in [0.5, 0.6) is 0 Å². The Labute approximate surface area is 99.4 Å². The number of anilines is 2. The van der Waals surface area contributed by atoms with Crippen molar-refractivity contribution < 1.29 is 0 Å². The number of aromatic nitrogens is 2. The second-order valence-corrected chi connectivity index (χ2v) is 3.59. The average Bonchev–Trinajstić information content (AvgIpc) is 2.39. The van der Waals surface area contributed by atoms with Gasteiger partial charge in [0.25, 0.3) is 0 Å². The predicted molar refractivity (Wildman–Crippen MR) is 67.6 cm³/mol. The molecule has 1 aromatic heterocycles. The van der Waals surface area contributed by atoms with Crippen LogP contribution < -0.4 is 10.6 Å². The number of nitrogen functional groups attached to an aromatic ring is 1. The Kier molecular flexibility index (Phi) is 3.00. The molecule has 0 atom stereocenters. The fourth-order valence-corrected chi connectivity index (χ4v) is 1.50. The molecule has 3 N–H and O–H groups in total. The van der Waals surface area contributed by atoms with Crippen LogP contribution in [0.3, 0.4) is 0 Å². The number of amidine groups is 1. The van der Waals surface area contributed by atoms with Crippen molar-refractivity contribution in [2.75, 3.05) is 11.9 Å². The number of hydrogen-bond donors (Lipinski definition) is 2. The third-order valence-electron chi connectivity index (χ3n) is 2.45. The summed E-state index contributed by atoms with van der Waals surface area (Å²) in [6, 6.07) is 9.28. The van der Waals surface area contributed by atoms with Crippen LogP contribution in [-0.2, 0) is 0 Å². The number of nitrogens with two attached hydrogens (primary N) is 1. The standard InChI is InChI=1S/C12H13N5/c1-17(11-5-6-15-8-16-11)10-4-2-3-9(7-10)12(13)14/h2-8H,1H3,(H3,13,14). The molecule has 0 aliphatic rings. The lowest BCUT2D eigenvalue weighted by Gasteiger charge is -2.18. The van der Waals surface area contributed by atoms with Crippen molar-refractivity contribution in [1.82, 2.24) is 9.97 Å². The van der Waals surface area contributed by atoms with Gasteiger partial charge in [-0.3, -0.25) is 5.41 Å².